The summed E-state index contributed by atoms with van der Waals surface area (Å²) in [5, 5.41) is 5.03. The number of hydrogen-bond acceptors (Lipinski definition) is 2. The number of fused-ring (bicyclic) bond motifs is 2. The van der Waals surface area contributed by atoms with Gasteiger partial charge in [-0.3, -0.25) is 0 Å². The quantitative estimate of drug-likeness (QED) is 0.910. The van der Waals surface area contributed by atoms with Gasteiger partial charge in [-0.05, 0) is 43.0 Å². The highest BCUT2D eigenvalue weighted by atomic mass is 35.5. The molecule has 0 aromatic heterocycles. The molecule has 1 aromatic rings. The topological polar surface area (TPSA) is 21.3 Å². The van der Waals surface area contributed by atoms with E-state index in [-0.39, 0.29) is 0 Å². The molecule has 2 aliphatic heterocycles. The van der Waals surface area contributed by atoms with E-state index in [9.17, 15) is 0 Å². The fourth-order valence-electron chi connectivity index (χ4n) is 2.77. The zero-order chi connectivity index (χ0) is 11.8. The van der Waals surface area contributed by atoms with Gasteiger partial charge in [0.25, 0.3) is 0 Å². The van der Waals surface area contributed by atoms with Crippen molar-refractivity contribution in [2.75, 3.05) is 0 Å². The Morgan fingerprint density at radius 2 is 2.18 bits per heavy atom. The van der Waals surface area contributed by atoms with Gasteiger partial charge in [-0.2, -0.15) is 0 Å². The minimum Gasteiger partial charge on any atom is -0.373 e. The SMILES string of the molecule is Clc1ccc(Cl)c(CNC2CC3CCC2O3)c1. The van der Waals surface area contributed by atoms with Crippen LogP contribution in [0.1, 0.15) is 24.8 Å². The zero-order valence-electron chi connectivity index (χ0n) is 9.46. The first kappa shape index (κ1) is 11.8. The molecule has 3 rings (SSSR count). The summed E-state index contributed by atoms with van der Waals surface area (Å²) in [4.78, 5) is 0. The zero-order valence-corrected chi connectivity index (χ0v) is 11.0. The lowest BCUT2D eigenvalue weighted by Crippen LogP contribution is -2.37. The highest BCUT2D eigenvalue weighted by Crippen LogP contribution is 2.34. The molecule has 3 unspecified atom stereocenters. The van der Waals surface area contributed by atoms with Crippen LogP contribution in [0.3, 0.4) is 0 Å². The first-order chi connectivity index (χ1) is 8.22. The summed E-state index contributed by atoms with van der Waals surface area (Å²) in [5.74, 6) is 0. The van der Waals surface area contributed by atoms with Gasteiger partial charge in [0.2, 0.25) is 0 Å². The minimum atomic E-state index is 0.401. The number of nitrogens with one attached hydrogen (secondary N) is 1. The van der Waals surface area contributed by atoms with Crippen molar-refractivity contribution in [1.82, 2.24) is 5.32 Å². The molecule has 0 radical (unpaired) electrons. The Morgan fingerprint density at radius 3 is 2.88 bits per heavy atom. The molecule has 1 N–H and O–H groups in total. The maximum absolute atomic E-state index is 6.13. The van der Waals surface area contributed by atoms with Crippen LogP contribution >= 0.6 is 23.2 Å². The van der Waals surface area contributed by atoms with Crippen molar-refractivity contribution in [3.8, 4) is 0 Å². The van der Waals surface area contributed by atoms with E-state index < -0.39 is 0 Å². The third kappa shape index (κ3) is 2.45. The van der Waals surface area contributed by atoms with Gasteiger partial charge in [0.15, 0.2) is 0 Å². The molecule has 0 aliphatic carbocycles. The molecule has 2 heterocycles. The Hall–Kier alpha value is -0.280. The van der Waals surface area contributed by atoms with E-state index in [4.69, 9.17) is 27.9 Å². The Balaban J connectivity index is 1.62. The number of benzene rings is 1. The van der Waals surface area contributed by atoms with Crippen LogP contribution in [0, 0.1) is 0 Å². The number of halogens is 2. The van der Waals surface area contributed by atoms with Gasteiger partial charge in [0, 0.05) is 22.6 Å². The molecule has 4 heteroatoms. The minimum absolute atomic E-state index is 0.401. The number of ether oxygens (including phenoxy) is 1. The van der Waals surface area contributed by atoms with Gasteiger partial charge in [-0.15, -0.1) is 0 Å². The lowest BCUT2D eigenvalue weighted by Gasteiger charge is -2.20. The van der Waals surface area contributed by atoms with Crippen molar-refractivity contribution < 1.29 is 4.74 Å². The lowest BCUT2D eigenvalue weighted by atomic mass is 9.95. The first-order valence-corrected chi connectivity index (χ1v) is 6.81. The van der Waals surface area contributed by atoms with E-state index in [2.05, 4.69) is 5.32 Å². The molecule has 17 heavy (non-hydrogen) atoms. The van der Waals surface area contributed by atoms with Crippen LogP contribution in [0.25, 0.3) is 0 Å². The summed E-state index contributed by atoms with van der Waals surface area (Å²) < 4.78 is 5.81. The predicted octanol–water partition coefficient (Wildman–Crippen LogP) is 3.40. The summed E-state index contributed by atoms with van der Waals surface area (Å²) in [5.41, 5.74) is 1.06. The van der Waals surface area contributed by atoms with Crippen molar-refractivity contribution in [1.29, 1.82) is 0 Å². The summed E-state index contributed by atoms with van der Waals surface area (Å²) in [7, 11) is 0. The van der Waals surface area contributed by atoms with Gasteiger partial charge in [-0.25, -0.2) is 0 Å². The van der Waals surface area contributed by atoms with Crippen molar-refractivity contribution in [2.24, 2.45) is 0 Å². The maximum Gasteiger partial charge on any atom is 0.0733 e. The molecule has 2 nitrogen and oxygen atoms in total. The molecule has 3 atom stereocenters. The van der Waals surface area contributed by atoms with Crippen molar-refractivity contribution >= 4 is 23.2 Å². The molecule has 92 valence electrons. The van der Waals surface area contributed by atoms with Crippen LogP contribution in [0.4, 0.5) is 0 Å². The fourth-order valence-corrected chi connectivity index (χ4v) is 3.15. The van der Waals surface area contributed by atoms with E-state index in [1.165, 1.54) is 12.8 Å². The Labute approximate surface area is 111 Å². The Kier molecular flexibility index (Phi) is 3.31. The van der Waals surface area contributed by atoms with Crippen molar-refractivity contribution in [3.63, 3.8) is 0 Å². The average Bonchev–Trinajstić information content (AvgIpc) is 2.92. The van der Waals surface area contributed by atoms with Crippen LogP contribution in [-0.4, -0.2) is 18.2 Å². The van der Waals surface area contributed by atoms with Crippen LogP contribution in [0.2, 0.25) is 10.0 Å². The van der Waals surface area contributed by atoms with E-state index in [0.717, 1.165) is 28.6 Å². The first-order valence-electron chi connectivity index (χ1n) is 6.05. The van der Waals surface area contributed by atoms with Crippen LogP contribution < -0.4 is 5.32 Å². The highest BCUT2D eigenvalue weighted by molar-refractivity contribution is 6.33. The van der Waals surface area contributed by atoms with E-state index in [1.807, 2.05) is 18.2 Å². The summed E-state index contributed by atoms with van der Waals surface area (Å²) in [6.07, 6.45) is 4.42. The highest BCUT2D eigenvalue weighted by Gasteiger charge is 2.40. The second kappa shape index (κ2) is 4.77. The molecule has 1 aromatic carbocycles. The van der Waals surface area contributed by atoms with Crippen LogP contribution in [0.5, 0.6) is 0 Å². The molecule has 0 amide bonds. The fraction of sp³-hybridized carbons (Fsp3) is 0.538. The van der Waals surface area contributed by atoms with Gasteiger partial charge >= 0.3 is 0 Å². The Bertz CT molecular complexity index is 424. The summed E-state index contributed by atoms with van der Waals surface area (Å²) >= 11 is 12.1. The second-order valence-electron chi connectivity index (χ2n) is 4.83. The Morgan fingerprint density at radius 1 is 1.29 bits per heavy atom. The lowest BCUT2D eigenvalue weighted by molar-refractivity contribution is 0.0973. The third-order valence-corrected chi connectivity index (χ3v) is 4.27. The molecule has 2 saturated heterocycles. The number of hydrogen-bond donors (Lipinski definition) is 1. The monoisotopic (exact) mass is 271 g/mol. The molecular weight excluding hydrogens is 257 g/mol. The number of rotatable bonds is 3. The molecule has 2 bridgehead atoms. The normalized spacial score (nSPS) is 31.1. The van der Waals surface area contributed by atoms with E-state index in [1.54, 1.807) is 0 Å². The smallest absolute Gasteiger partial charge is 0.0733 e. The standard InChI is InChI=1S/C13H15Cl2NO/c14-9-1-3-11(15)8(5-9)7-16-12-6-10-2-4-13(12)17-10/h1,3,5,10,12-13,16H,2,4,6-7H2. The average molecular weight is 272 g/mol. The van der Waals surface area contributed by atoms with Crippen LogP contribution in [-0.2, 0) is 11.3 Å². The van der Waals surface area contributed by atoms with Crippen molar-refractivity contribution in [3.05, 3.63) is 33.8 Å². The van der Waals surface area contributed by atoms with E-state index in [0.29, 0.717) is 18.2 Å². The maximum atomic E-state index is 6.13. The predicted molar refractivity (Wildman–Crippen MR) is 69.6 cm³/mol. The van der Waals surface area contributed by atoms with Gasteiger partial charge in [-0.1, -0.05) is 23.2 Å². The molecule has 0 saturated carbocycles. The van der Waals surface area contributed by atoms with Crippen molar-refractivity contribution in [2.45, 2.75) is 44.1 Å². The summed E-state index contributed by atoms with van der Waals surface area (Å²) in [6.45, 7) is 0.761. The molecule has 2 fully saturated rings. The molecular formula is C13H15Cl2NO. The van der Waals surface area contributed by atoms with Gasteiger partial charge < -0.3 is 10.1 Å². The van der Waals surface area contributed by atoms with E-state index >= 15 is 0 Å². The second-order valence-corrected chi connectivity index (χ2v) is 5.68. The molecule has 2 aliphatic rings. The molecule has 0 spiro atoms. The van der Waals surface area contributed by atoms with Gasteiger partial charge in [0.05, 0.1) is 12.2 Å². The van der Waals surface area contributed by atoms with Gasteiger partial charge in [0.1, 0.15) is 0 Å². The summed E-state index contributed by atoms with van der Waals surface area (Å²) in [6, 6.07) is 6.06. The third-order valence-electron chi connectivity index (χ3n) is 3.67. The van der Waals surface area contributed by atoms with Crippen LogP contribution in [0.15, 0.2) is 18.2 Å². The largest absolute Gasteiger partial charge is 0.373 e.